The summed E-state index contributed by atoms with van der Waals surface area (Å²) in [6.45, 7) is 6.65. The standard InChI is InChI=1S/C16H21Si/c1-4-6-14-7-5-8-16(14)17-15-10-12(2)9-13(3)11-15/h5,7-11H,4,6,17H2,1-3H3. The van der Waals surface area contributed by atoms with Crippen LogP contribution in [0.4, 0.5) is 0 Å². The zero-order valence-corrected chi connectivity index (χ0v) is 12.5. The molecule has 0 atom stereocenters. The average molecular weight is 241 g/mol. The number of benzene rings is 1. The number of rotatable bonds is 4. The molecule has 0 nitrogen and oxygen atoms in total. The maximum absolute atomic E-state index is 2.36. The summed E-state index contributed by atoms with van der Waals surface area (Å²) in [5.74, 6) is 0. The van der Waals surface area contributed by atoms with Crippen LogP contribution in [0, 0.1) is 19.4 Å². The van der Waals surface area contributed by atoms with E-state index in [0.717, 1.165) is 0 Å². The van der Waals surface area contributed by atoms with Crippen molar-refractivity contribution in [2.45, 2.75) is 33.6 Å². The summed E-state index contributed by atoms with van der Waals surface area (Å²) in [7, 11) is -0.284. The Hall–Kier alpha value is -1.08. The Morgan fingerprint density at radius 3 is 2.41 bits per heavy atom. The van der Waals surface area contributed by atoms with Gasteiger partial charge in [-0.15, -0.1) is 0 Å². The third-order valence-corrected chi connectivity index (χ3v) is 5.09. The van der Waals surface area contributed by atoms with Gasteiger partial charge in [0.2, 0.25) is 0 Å². The summed E-state index contributed by atoms with van der Waals surface area (Å²) < 4.78 is 0. The molecule has 0 amide bonds. The van der Waals surface area contributed by atoms with Crippen LogP contribution in [0.5, 0.6) is 0 Å². The normalized spacial score (nSPS) is 16.1. The van der Waals surface area contributed by atoms with Crippen LogP contribution in [0.2, 0.25) is 0 Å². The van der Waals surface area contributed by atoms with Crippen LogP contribution in [0.1, 0.15) is 30.9 Å². The van der Waals surface area contributed by atoms with Gasteiger partial charge >= 0.3 is 0 Å². The lowest BCUT2D eigenvalue weighted by atomic mass is 10.1. The van der Waals surface area contributed by atoms with Gasteiger partial charge in [0.05, 0.1) is 9.52 Å². The van der Waals surface area contributed by atoms with E-state index in [-0.39, 0.29) is 9.52 Å². The fourth-order valence-corrected chi connectivity index (χ4v) is 4.63. The van der Waals surface area contributed by atoms with E-state index in [9.17, 15) is 0 Å². The summed E-state index contributed by atoms with van der Waals surface area (Å²) in [6.07, 6.45) is 9.33. The largest absolute Gasteiger partial charge is 0.0764 e. The highest BCUT2D eigenvalue weighted by Gasteiger charge is 2.15. The Morgan fingerprint density at radius 2 is 1.76 bits per heavy atom. The predicted octanol–water partition coefficient (Wildman–Crippen LogP) is 2.93. The summed E-state index contributed by atoms with van der Waals surface area (Å²) in [5, 5.41) is 1.58. The lowest BCUT2D eigenvalue weighted by molar-refractivity contribution is 0.914. The molecule has 17 heavy (non-hydrogen) atoms. The number of hydrogen-bond donors (Lipinski definition) is 0. The molecule has 0 aromatic heterocycles. The van der Waals surface area contributed by atoms with Crippen molar-refractivity contribution in [3.8, 4) is 0 Å². The van der Waals surface area contributed by atoms with Gasteiger partial charge in [0, 0.05) is 5.54 Å². The minimum absolute atomic E-state index is 0.284. The lowest BCUT2D eigenvalue weighted by Gasteiger charge is -2.13. The Labute approximate surface area is 107 Å². The summed E-state index contributed by atoms with van der Waals surface area (Å²) >= 11 is 0. The van der Waals surface area contributed by atoms with Gasteiger partial charge in [-0.2, -0.15) is 0 Å². The minimum Gasteiger partial charge on any atom is -0.0764 e. The molecule has 1 aromatic carbocycles. The topological polar surface area (TPSA) is 0 Å². The van der Waals surface area contributed by atoms with Gasteiger partial charge in [0.1, 0.15) is 0 Å². The molecule has 1 aliphatic carbocycles. The molecule has 0 saturated carbocycles. The summed E-state index contributed by atoms with van der Waals surface area (Å²) in [6, 6.07) is 6.99. The predicted molar refractivity (Wildman–Crippen MR) is 79.5 cm³/mol. The van der Waals surface area contributed by atoms with Crippen molar-refractivity contribution in [1.29, 1.82) is 0 Å². The number of aryl methyl sites for hydroxylation is 2. The van der Waals surface area contributed by atoms with Crippen LogP contribution in [-0.2, 0) is 0 Å². The molecular weight excluding hydrogens is 220 g/mol. The van der Waals surface area contributed by atoms with E-state index >= 15 is 0 Å². The highest BCUT2D eigenvalue weighted by Crippen LogP contribution is 2.24. The molecule has 89 valence electrons. The first-order chi connectivity index (χ1) is 8.19. The van der Waals surface area contributed by atoms with Crippen LogP contribution in [0.25, 0.3) is 0 Å². The second kappa shape index (κ2) is 5.50. The Kier molecular flexibility index (Phi) is 4.00. The summed E-state index contributed by atoms with van der Waals surface area (Å²) in [4.78, 5) is 0. The van der Waals surface area contributed by atoms with Crippen LogP contribution in [-0.4, -0.2) is 9.52 Å². The van der Waals surface area contributed by atoms with Gasteiger partial charge in [-0.3, -0.25) is 0 Å². The Morgan fingerprint density at radius 1 is 1.06 bits per heavy atom. The van der Waals surface area contributed by atoms with Crippen LogP contribution in [0.3, 0.4) is 0 Å². The van der Waals surface area contributed by atoms with Crippen LogP contribution >= 0.6 is 0 Å². The van der Waals surface area contributed by atoms with E-state index in [4.69, 9.17) is 0 Å². The molecule has 1 aliphatic rings. The second-order valence-electron chi connectivity index (χ2n) is 5.00. The monoisotopic (exact) mass is 241 g/mol. The van der Waals surface area contributed by atoms with Gasteiger partial charge < -0.3 is 0 Å². The van der Waals surface area contributed by atoms with E-state index in [2.05, 4.69) is 57.2 Å². The SMILES string of the molecule is CCCC1=CC=C[C]1[SiH2]c1cc(C)cc(C)c1. The van der Waals surface area contributed by atoms with Crippen LogP contribution in [0.15, 0.2) is 42.0 Å². The zero-order chi connectivity index (χ0) is 12.3. The van der Waals surface area contributed by atoms with E-state index in [0.29, 0.717) is 0 Å². The van der Waals surface area contributed by atoms with E-state index in [1.165, 1.54) is 24.0 Å². The molecule has 0 N–H and O–H groups in total. The molecule has 0 spiro atoms. The molecule has 0 unspecified atom stereocenters. The second-order valence-corrected chi connectivity index (χ2v) is 6.93. The molecule has 0 aliphatic heterocycles. The molecule has 0 heterocycles. The first kappa shape index (κ1) is 12.4. The molecule has 0 bridgehead atoms. The maximum atomic E-state index is 2.36. The highest BCUT2D eigenvalue weighted by molar-refractivity contribution is 6.61. The van der Waals surface area contributed by atoms with Crippen molar-refractivity contribution in [2.24, 2.45) is 0 Å². The van der Waals surface area contributed by atoms with Gasteiger partial charge in [0.25, 0.3) is 0 Å². The highest BCUT2D eigenvalue weighted by atomic mass is 28.2. The van der Waals surface area contributed by atoms with Crippen molar-refractivity contribution in [3.05, 3.63) is 58.7 Å². The fourth-order valence-electron chi connectivity index (χ4n) is 2.57. The van der Waals surface area contributed by atoms with Gasteiger partial charge in [-0.05, 0) is 20.3 Å². The van der Waals surface area contributed by atoms with E-state index < -0.39 is 0 Å². The smallest absolute Gasteiger partial charge is 0.0717 e. The van der Waals surface area contributed by atoms with Crippen molar-refractivity contribution in [1.82, 2.24) is 0 Å². The third-order valence-electron chi connectivity index (χ3n) is 3.20. The quantitative estimate of drug-likeness (QED) is 0.711. The molecule has 1 heteroatoms. The Balaban J connectivity index is 2.10. The number of hydrogen-bond acceptors (Lipinski definition) is 0. The molecule has 1 aromatic rings. The maximum Gasteiger partial charge on any atom is 0.0717 e. The third kappa shape index (κ3) is 3.19. The van der Waals surface area contributed by atoms with Crippen molar-refractivity contribution in [2.75, 3.05) is 0 Å². The first-order valence-electron chi connectivity index (χ1n) is 6.49. The molecule has 0 fully saturated rings. The lowest BCUT2D eigenvalue weighted by Crippen LogP contribution is -2.22. The van der Waals surface area contributed by atoms with Crippen molar-refractivity contribution < 1.29 is 0 Å². The zero-order valence-electron chi connectivity index (χ0n) is 11.1. The van der Waals surface area contributed by atoms with E-state index in [1.807, 2.05) is 0 Å². The van der Waals surface area contributed by atoms with Gasteiger partial charge in [-0.1, -0.05) is 71.7 Å². The molecule has 2 rings (SSSR count). The van der Waals surface area contributed by atoms with Crippen LogP contribution < -0.4 is 5.19 Å². The average Bonchev–Trinajstić information content (AvgIpc) is 2.65. The molecule has 0 saturated heterocycles. The van der Waals surface area contributed by atoms with Crippen molar-refractivity contribution in [3.63, 3.8) is 0 Å². The van der Waals surface area contributed by atoms with Gasteiger partial charge in [0.15, 0.2) is 0 Å². The fraction of sp³-hybridized carbons (Fsp3) is 0.312. The number of allylic oxidation sites excluding steroid dienone is 4. The summed E-state index contributed by atoms with van der Waals surface area (Å²) in [5.41, 5.74) is 6.02. The first-order valence-corrected chi connectivity index (χ1v) is 7.91. The molecule has 1 radical (unpaired) electrons. The van der Waals surface area contributed by atoms with Crippen molar-refractivity contribution >= 4 is 14.7 Å². The van der Waals surface area contributed by atoms with Gasteiger partial charge in [-0.25, -0.2) is 0 Å². The molecular formula is C16H21Si. The van der Waals surface area contributed by atoms with E-state index in [1.54, 1.807) is 16.3 Å². The Bertz CT molecular complexity index is 434. The minimum atomic E-state index is -0.284.